The van der Waals surface area contributed by atoms with E-state index in [-0.39, 0.29) is 0 Å². The molecular weight excluding hydrogens is 284 g/mol. The Balaban J connectivity index is 1.90. The summed E-state index contributed by atoms with van der Waals surface area (Å²) in [6.45, 7) is 1.36. The lowest BCUT2D eigenvalue weighted by molar-refractivity contribution is 0.350. The van der Waals surface area contributed by atoms with Gasteiger partial charge in [-0.1, -0.05) is 41.9 Å². The van der Waals surface area contributed by atoms with E-state index in [0.717, 1.165) is 23.5 Å². The molecule has 0 fully saturated rings. The maximum Gasteiger partial charge on any atom is 0.210 e. The van der Waals surface area contributed by atoms with E-state index in [0.29, 0.717) is 17.5 Å². The third-order valence-corrected chi connectivity index (χ3v) is 3.34. The first-order valence-corrected chi connectivity index (χ1v) is 7.16. The zero-order chi connectivity index (χ0) is 14.5. The van der Waals surface area contributed by atoms with E-state index >= 15 is 0 Å². The fourth-order valence-corrected chi connectivity index (χ4v) is 2.19. The van der Waals surface area contributed by atoms with Gasteiger partial charge in [0.2, 0.25) is 5.90 Å². The number of ether oxygens (including phenoxy) is 1. The molecule has 106 valence electrons. The van der Waals surface area contributed by atoms with E-state index in [1.54, 1.807) is 0 Å². The quantitative estimate of drug-likeness (QED) is 0.917. The molecular formula is C17H15ClN2O. The van der Waals surface area contributed by atoms with Crippen molar-refractivity contribution in [3.05, 3.63) is 71.3 Å². The smallest absolute Gasteiger partial charge is 0.210 e. The molecule has 0 unspecified atom stereocenters. The lowest BCUT2D eigenvalue weighted by atomic mass is 10.1. The number of hydrogen-bond donors (Lipinski definition) is 1. The highest BCUT2D eigenvalue weighted by atomic mass is 35.5. The topological polar surface area (TPSA) is 33.6 Å². The summed E-state index contributed by atoms with van der Waals surface area (Å²) >= 11 is 5.92. The largest absolute Gasteiger partial charge is 0.476 e. The first-order chi connectivity index (χ1) is 10.3. The molecule has 0 saturated heterocycles. The van der Waals surface area contributed by atoms with E-state index in [1.807, 2.05) is 60.7 Å². The van der Waals surface area contributed by atoms with Gasteiger partial charge in [0.05, 0.1) is 12.2 Å². The minimum atomic E-state index is 0.648. The Bertz CT molecular complexity index is 663. The molecule has 0 saturated carbocycles. The van der Waals surface area contributed by atoms with Gasteiger partial charge < -0.3 is 10.1 Å². The van der Waals surface area contributed by atoms with Crippen LogP contribution in [0.1, 0.15) is 5.56 Å². The molecule has 2 aromatic rings. The Hall–Kier alpha value is -2.26. The lowest BCUT2D eigenvalue weighted by Gasteiger charge is -2.12. The highest BCUT2D eigenvalue weighted by molar-refractivity contribution is 6.30. The van der Waals surface area contributed by atoms with Gasteiger partial charge in [0.15, 0.2) is 0 Å². The van der Waals surface area contributed by atoms with Crippen molar-refractivity contribution < 1.29 is 4.74 Å². The zero-order valence-corrected chi connectivity index (χ0v) is 12.2. The van der Waals surface area contributed by atoms with Gasteiger partial charge in [-0.05, 0) is 29.8 Å². The van der Waals surface area contributed by atoms with Crippen LogP contribution >= 0.6 is 11.6 Å². The number of nitrogens with one attached hydrogen (secondary N) is 1. The second kappa shape index (κ2) is 6.46. The van der Waals surface area contributed by atoms with Crippen LogP contribution < -0.4 is 5.32 Å². The third-order valence-electron chi connectivity index (χ3n) is 3.08. The summed E-state index contributed by atoms with van der Waals surface area (Å²) in [6.07, 6.45) is 1.93. The summed E-state index contributed by atoms with van der Waals surface area (Å²) in [5.41, 5.74) is 2.98. The highest BCUT2D eigenvalue weighted by Gasteiger charge is 2.08. The Morgan fingerprint density at radius 2 is 1.86 bits per heavy atom. The summed E-state index contributed by atoms with van der Waals surface area (Å²) in [4.78, 5) is 4.31. The van der Waals surface area contributed by atoms with Crippen LogP contribution in [-0.4, -0.2) is 19.0 Å². The van der Waals surface area contributed by atoms with Crippen molar-refractivity contribution in [1.29, 1.82) is 0 Å². The van der Waals surface area contributed by atoms with Crippen molar-refractivity contribution in [2.75, 3.05) is 18.5 Å². The highest BCUT2D eigenvalue weighted by Crippen LogP contribution is 2.21. The Morgan fingerprint density at radius 1 is 1.10 bits per heavy atom. The van der Waals surface area contributed by atoms with E-state index in [2.05, 4.69) is 10.3 Å². The maximum atomic E-state index is 5.92. The van der Waals surface area contributed by atoms with Gasteiger partial charge in [0.25, 0.3) is 0 Å². The number of benzene rings is 2. The molecule has 1 aliphatic heterocycles. The number of aliphatic imine (C=N–C) groups is 1. The van der Waals surface area contributed by atoms with Crippen molar-refractivity contribution in [2.24, 2.45) is 4.99 Å². The Morgan fingerprint density at radius 3 is 2.52 bits per heavy atom. The van der Waals surface area contributed by atoms with Gasteiger partial charge in [-0.3, -0.25) is 0 Å². The van der Waals surface area contributed by atoms with Gasteiger partial charge in [0, 0.05) is 16.8 Å². The molecule has 0 bridgehead atoms. The van der Waals surface area contributed by atoms with Crippen molar-refractivity contribution in [3.63, 3.8) is 0 Å². The molecule has 1 heterocycles. The average molecular weight is 299 g/mol. The molecule has 1 N–H and O–H groups in total. The van der Waals surface area contributed by atoms with Crippen LogP contribution in [0.25, 0.3) is 5.70 Å². The van der Waals surface area contributed by atoms with Gasteiger partial charge in [0.1, 0.15) is 6.61 Å². The van der Waals surface area contributed by atoms with Crippen LogP contribution in [-0.2, 0) is 4.74 Å². The van der Waals surface area contributed by atoms with E-state index in [4.69, 9.17) is 16.3 Å². The molecule has 21 heavy (non-hydrogen) atoms. The molecule has 1 aliphatic rings. The number of hydrogen-bond acceptors (Lipinski definition) is 3. The van der Waals surface area contributed by atoms with Gasteiger partial charge in [-0.15, -0.1) is 0 Å². The summed E-state index contributed by atoms with van der Waals surface area (Å²) in [5.74, 6) is 0.662. The summed E-state index contributed by atoms with van der Waals surface area (Å²) in [6, 6.07) is 17.7. The standard InChI is InChI=1S/C17H15ClN2O/c18-14-6-8-15(9-7-14)20-16(12-17-19-10-11-21-17)13-4-2-1-3-5-13/h1-9,12,20H,10-11H2/b16-12+. The fraction of sp³-hybridized carbons (Fsp3) is 0.118. The van der Waals surface area contributed by atoms with Gasteiger partial charge >= 0.3 is 0 Å². The second-order valence-electron chi connectivity index (χ2n) is 4.62. The monoisotopic (exact) mass is 298 g/mol. The van der Waals surface area contributed by atoms with Crippen molar-refractivity contribution in [2.45, 2.75) is 0 Å². The van der Waals surface area contributed by atoms with Crippen molar-refractivity contribution in [1.82, 2.24) is 0 Å². The summed E-state index contributed by atoms with van der Waals surface area (Å²) in [5, 5.41) is 4.11. The third kappa shape index (κ3) is 3.64. The molecule has 0 atom stereocenters. The zero-order valence-electron chi connectivity index (χ0n) is 11.4. The van der Waals surface area contributed by atoms with Crippen LogP contribution in [0.5, 0.6) is 0 Å². The molecule has 0 radical (unpaired) electrons. The van der Waals surface area contributed by atoms with Crippen LogP contribution in [0.2, 0.25) is 5.02 Å². The minimum absolute atomic E-state index is 0.648. The number of nitrogens with zero attached hydrogens (tertiary/aromatic N) is 1. The second-order valence-corrected chi connectivity index (χ2v) is 5.06. The van der Waals surface area contributed by atoms with Crippen LogP contribution in [0.15, 0.2) is 65.7 Å². The minimum Gasteiger partial charge on any atom is -0.476 e. The number of anilines is 1. The predicted molar refractivity (Wildman–Crippen MR) is 87.7 cm³/mol. The van der Waals surface area contributed by atoms with Crippen LogP contribution in [0, 0.1) is 0 Å². The van der Waals surface area contributed by atoms with E-state index in [1.165, 1.54) is 0 Å². The summed E-state index contributed by atoms with van der Waals surface area (Å²) < 4.78 is 5.47. The molecule has 4 heteroatoms. The van der Waals surface area contributed by atoms with Crippen LogP contribution in [0.4, 0.5) is 5.69 Å². The molecule has 2 aromatic carbocycles. The van der Waals surface area contributed by atoms with Gasteiger partial charge in [-0.2, -0.15) is 0 Å². The predicted octanol–water partition coefficient (Wildman–Crippen LogP) is 4.22. The number of halogens is 1. The lowest BCUT2D eigenvalue weighted by Crippen LogP contribution is -2.03. The first-order valence-electron chi connectivity index (χ1n) is 6.78. The van der Waals surface area contributed by atoms with Gasteiger partial charge in [-0.25, -0.2) is 4.99 Å². The molecule has 0 aromatic heterocycles. The number of rotatable bonds is 4. The van der Waals surface area contributed by atoms with Crippen LogP contribution in [0.3, 0.4) is 0 Å². The fourth-order valence-electron chi connectivity index (χ4n) is 2.06. The Kier molecular flexibility index (Phi) is 4.22. The Labute approximate surface area is 128 Å². The van der Waals surface area contributed by atoms with E-state index < -0.39 is 0 Å². The SMILES string of the molecule is Clc1ccc(N/C(=C/C2=NCCO2)c2ccccc2)cc1. The summed E-state index contributed by atoms with van der Waals surface area (Å²) in [7, 11) is 0. The maximum absolute atomic E-state index is 5.92. The normalized spacial score (nSPS) is 14.5. The van der Waals surface area contributed by atoms with Crippen molar-refractivity contribution >= 4 is 28.9 Å². The molecule has 0 spiro atoms. The van der Waals surface area contributed by atoms with E-state index in [9.17, 15) is 0 Å². The molecule has 0 amide bonds. The molecule has 3 rings (SSSR count). The molecule has 0 aliphatic carbocycles. The molecule has 3 nitrogen and oxygen atoms in total. The van der Waals surface area contributed by atoms with Crippen molar-refractivity contribution in [3.8, 4) is 0 Å². The average Bonchev–Trinajstić information content (AvgIpc) is 3.03. The first kappa shape index (κ1) is 13.7.